The highest BCUT2D eigenvalue weighted by molar-refractivity contribution is 9.10. The third kappa shape index (κ3) is 4.67. The number of ether oxygens (including phenoxy) is 1. The number of Topliss-reactive ketones (excluding diaryl/α,β-unsaturated/α-hetero) is 1. The standard InChI is InChI=1S/C22H25BrN2O3S/c1-6-13-7-10-16(28-21(27)22(3,4)5)17(19(13)26)18-12(2)29-20(25-18)15-9-8-14(23)11-24-15/h8-9,11,13H,6-7,10H2,1-5H3. The van der Waals surface area contributed by atoms with E-state index in [1.807, 2.05) is 26.0 Å². The van der Waals surface area contributed by atoms with E-state index in [4.69, 9.17) is 9.72 Å². The Morgan fingerprint density at radius 2 is 2.07 bits per heavy atom. The molecule has 0 bridgehead atoms. The smallest absolute Gasteiger partial charge is 0.316 e. The van der Waals surface area contributed by atoms with Gasteiger partial charge in [0.15, 0.2) is 5.78 Å². The van der Waals surface area contributed by atoms with Crippen molar-refractivity contribution in [3.8, 4) is 10.7 Å². The Balaban J connectivity index is 2.08. The van der Waals surface area contributed by atoms with Crippen LogP contribution in [0.5, 0.6) is 0 Å². The molecule has 0 fully saturated rings. The summed E-state index contributed by atoms with van der Waals surface area (Å²) in [5.74, 6) is 0.0513. The number of thiazole rings is 1. The van der Waals surface area contributed by atoms with Gasteiger partial charge in [0, 0.05) is 27.9 Å². The van der Waals surface area contributed by atoms with E-state index >= 15 is 0 Å². The van der Waals surface area contributed by atoms with Gasteiger partial charge in [0.1, 0.15) is 10.8 Å². The van der Waals surface area contributed by atoms with E-state index in [1.54, 1.807) is 27.0 Å². The van der Waals surface area contributed by atoms with Crippen molar-refractivity contribution in [2.24, 2.45) is 11.3 Å². The van der Waals surface area contributed by atoms with E-state index in [1.165, 1.54) is 11.3 Å². The minimum absolute atomic E-state index is 0.0131. The van der Waals surface area contributed by atoms with Gasteiger partial charge < -0.3 is 4.74 Å². The lowest BCUT2D eigenvalue weighted by atomic mass is 9.83. The molecule has 0 N–H and O–H groups in total. The first-order valence-electron chi connectivity index (χ1n) is 9.71. The number of hydrogen-bond donors (Lipinski definition) is 0. The van der Waals surface area contributed by atoms with Crippen LogP contribution in [0.25, 0.3) is 16.3 Å². The molecule has 7 heteroatoms. The zero-order valence-corrected chi connectivity index (χ0v) is 19.7. The fraction of sp³-hybridized carbons (Fsp3) is 0.455. The number of carbonyl (C=O) groups excluding carboxylic acids is 2. The van der Waals surface area contributed by atoms with E-state index in [0.29, 0.717) is 29.9 Å². The van der Waals surface area contributed by atoms with Gasteiger partial charge in [-0.2, -0.15) is 0 Å². The van der Waals surface area contributed by atoms with Gasteiger partial charge in [-0.3, -0.25) is 14.6 Å². The fourth-order valence-electron chi connectivity index (χ4n) is 3.15. The number of carbonyl (C=O) groups is 2. The number of allylic oxidation sites excluding steroid dienone is 2. The summed E-state index contributed by atoms with van der Waals surface area (Å²) in [6, 6.07) is 3.80. The topological polar surface area (TPSA) is 69.2 Å². The maximum atomic E-state index is 13.2. The minimum Gasteiger partial charge on any atom is -0.430 e. The number of esters is 1. The van der Waals surface area contributed by atoms with Crippen LogP contribution in [0.4, 0.5) is 0 Å². The second kappa shape index (κ2) is 8.48. The van der Waals surface area contributed by atoms with Gasteiger partial charge in [-0.25, -0.2) is 4.98 Å². The summed E-state index contributed by atoms with van der Waals surface area (Å²) < 4.78 is 6.63. The molecule has 2 heterocycles. The first kappa shape index (κ1) is 21.8. The summed E-state index contributed by atoms with van der Waals surface area (Å²) in [7, 11) is 0. The molecule has 0 aromatic carbocycles. The van der Waals surface area contributed by atoms with Crippen molar-refractivity contribution in [1.29, 1.82) is 0 Å². The van der Waals surface area contributed by atoms with Gasteiger partial charge in [0.05, 0.1) is 22.4 Å². The molecule has 0 aliphatic heterocycles. The molecule has 1 aliphatic rings. The molecule has 1 aliphatic carbocycles. The lowest BCUT2D eigenvalue weighted by Crippen LogP contribution is -2.28. The number of nitrogens with zero attached hydrogens (tertiary/aromatic N) is 2. The first-order chi connectivity index (χ1) is 13.6. The number of rotatable bonds is 4. The molecule has 0 saturated carbocycles. The maximum absolute atomic E-state index is 13.2. The molecule has 0 saturated heterocycles. The van der Waals surface area contributed by atoms with E-state index in [9.17, 15) is 9.59 Å². The van der Waals surface area contributed by atoms with Crippen LogP contribution in [0.1, 0.15) is 57.5 Å². The van der Waals surface area contributed by atoms with Crippen LogP contribution in [0.15, 0.2) is 28.6 Å². The SMILES string of the molecule is CCC1CCC(OC(=O)C(C)(C)C)=C(c2nc(-c3ccc(Br)cn3)sc2C)C1=O. The van der Waals surface area contributed by atoms with Crippen LogP contribution >= 0.6 is 27.3 Å². The number of halogens is 1. The summed E-state index contributed by atoms with van der Waals surface area (Å²) in [5.41, 5.74) is 1.16. The molecule has 5 nitrogen and oxygen atoms in total. The molecule has 3 rings (SSSR count). The largest absolute Gasteiger partial charge is 0.430 e. The van der Waals surface area contributed by atoms with Crippen LogP contribution in [-0.2, 0) is 14.3 Å². The third-order valence-electron chi connectivity index (χ3n) is 4.92. The average Bonchev–Trinajstić information content (AvgIpc) is 3.03. The molecule has 2 aromatic rings. The monoisotopic (exact) mass is 476 g/mol. The Bertz CT molecular complexity index is 971. The van der Waals surface area contributed by atoms with Crippen LogP contribution in [-0.4, -0.2) is 21.7 Å². The predicted molar refractivity (Wildman–Crippen MR) is 118 cm³/mol. The summed E-state index contributed by atoms with van der Waals surface area (Å²) in [6.07, 6.45) is 3.73. The van der Waals surface area contributed by atoms with E-state index in [2.05, 4.69) is 20.9 Å². The predicted octanol–water partition coefficient (Wildman–Crippen LogP) is 5.97. The first-order valence-corrected chi connectivity index (χ1v) is 11.3. The lowest BCUT2D eigenvalue weighted by Gasteiger charge is -2.26. The summed E-state index contributed by atoms with van der Waals surface area (Å²) in [4.78, 5) is 35.8. The third-order valence-corrected chi connectivity index (χ3v) is 6.38. The molecule has 0 amide bonds. The van der Waals surface area contributed by atoms with Crippen LogP contribution < -0.4 is 0 Å². The summed E-state index contributed by atoms with van der Waals surface area (Å²) in [5, 5.41) is 0.741. The lowest BCUT2D eigenvalue weighted by molar-refractivity contribution is -0.148. The Morgan fingerprint density at radius 3 is 2.66 bits per heavy atom. The number of ketones is 1. The molecule has 29 heavy (non-hydrogen) atoms. The summed E-state index contributed by atoms with van der Waals surface area (Å²) >= 11 is 4.88. The number of pyridine rings is 1. The Morgan fingerprint density at radius 1 is 1.34 bits per heavy atom. The zero-order chi connectivity index (χ0) is 21.3. The van der Waals surface area contributed by atoms with Gasteiger partial charge in [0.2, 0.25) is 0 Å². The molecular formula is C22H25BrN2O3S. The van der Waals surface area contributed by atoms with E-state index in [0.717, 1.165) is 26.5 Å². The zero-order valence-electron chi connectivity index (χ0n) is 17.3. The molecule has 0 spiro atoms. The quantitative estimate of drug-likeness (QED) is 0.508. The second-order valence-electron chi connectivity index (χ2n) is 8.23. The van der Waals surface area contributed by atoms with Gasteiger partial charge in [0.25, 0.3) is 0 Å². The van der Waals surface area contributed by atoms with E-state index < -0.39 is 5.41 Å². The van der Waals surface area contributed by atoms with Gasteiger partial charge in [-0.05, 0) is 68.6 Å². The molecular weight excluding hydrogens is 452 g/mol. The average molecular weight is 477 g/mol. The number of aromatic nitrogens is 2. The van der Waals surface area contributed by atoms with Crippen molar-refractivity contribution >= 4 is 44.6 Å². The van der Waals surface area contributed by atoms with Gasteiger partial charge in [-0.15, -0.1) is 11.3 Å². The van der Waals surface area contributed by atoms with Crippen molar-refractivity contribution in [2.75, 3.05) is 0 Å². The fourth-order valence-corrected chi connectivity index (χ4v) is 4.28. The molecule has 0 radical (unpaired) electrons. The van der Waals surface area contributed by atoms with Crippen molar-refractivity contribution in [2.45, 2.75) is 53.9 Å². The molecule has 2 aromatic heterocycles. The second-order valence-corrected chi connectivity index (χ2v) is 10.4. The van der Waals surface area contributed by atoms with E-state index in [-0.39, 0.29) is 17.7 Å². The highest BCUT2D eigenvalue weighted by Gasteiger charge is 2.35. The molecule has 1 atom stereocenters. The maximum Gasteiger partial charge on any atom is 0.316 e. The minimum atomic E-state index is -0.646. The highest BCUT2D eigenvalue weighted by atomic mass is 79.9. The van der Waals surface area contributed by atoms with Gasteiger partial charge >= 0.3 is 5.97 Å². The van der Waals surface area contributed by atoms with Crippen LogP contribution in [0, 0.1) is 18.3 Å². The van der Waals surface area contributed by atoms with Crippen molar-refractivity contribution < 1.29 is 14.3 Å². The van der Waals surface area contributed by atoms with Gasteiger partial charge in [-0.1, -0.05) is 6.92 Å². The van der Waals surface area contributed by atoms with Crippen LogP contribution in [0.3, 0.4) is 0 Å². The Labute approximate surface area is 183 Å². The molecule has 154 valence electrons. The summed E-state index contributed by atoms with van der Waals surface area (Å²) in [6.45, 7) is 9.37. The molecule has 1 unspecified atom stereocenters. The highest BCUT2D eigenvalue weighted by Crippen LogP contribution is 2.39. The van der Waals surface area contributed by atoms with Crippen molar-refractivity contribution in [1.82, 2.24) is 9.97 Å². The van der Waals surface area contributed by atoms with Crippen molar-refractivity contribution in [3.05, 3.63) is 39.1 Å². The van der Waals surface area contributed by atoms with Crippen molar-refractivity contribution in [3.63, 3.8) is 0 Å². The Kier molecular flexibility index (Phi) is 6.39. The normalized spacial score (nSPS) is 17.6. The van der Waals surface area contributed by atoms with Crippen LogP contribution in [0.2, 0.25) is 0 Å². The Hall–Kier alpha value is -1.86. The number of aryl methyl sites for hydroxylation is 1. The number of hydrogen-bond acceptors (Lipinski definition) is 6.